The number of benzene rings is 1. The van der Waals surface area contributed by atoms with Crippen LogP contribution in [-0.4, -0.2) is 62.5 Å². The van der Waals surface area contributed by atoms with Gasteiger partial charge in [0.2, 0.25) is 17.7 Å². The summed E-state index contributed by atoms with van der Waals surface area (Å²) < 4.78 is -0.673. The number of β-amino-alcohol motifs (C(OH)–C–C–N with tert-alkyl or cyclic N) is 1. The summed E-state index contributed by atoms with van der Waals surface area (Å²) in [6.45, 7) is 12.8. The molecule has 3 amide bonds. The number of carbonyl (C=O) groups excluding carboxylic acids is 3. The Balaban J connectivity index is 1.62. The third kappa shape index (κ3) is 4.78. The van der Waals surface area contributed by atoms with Crippen molar-refractivity contribution in [3.8, 4) is 0 Å². The number of hydrogen-bond acceptors (Lipinski definition) is 5. The van der Waals surface area contributed by atoms with Gasteiger partial charge in [-0.2, -0.15) is 0 Å². The van der Waals surface area contributed by atoms with Gasteiger partial charge in [0.25, 0.3) is 0 Å². The normalized spacial score (nSPS) is 31.5. The van der Waals surface area contributed by atoms with Gasteiger partial charge in [0.05, 0.1) is 23.2 Å². The molecule has 3 aliphatic rings. The lowest BCUT2D eigenvalue weighted by molar-refractivity contribution is -0.140. The molecule has 3 heterocycles. The molecule has 0 aromatic heterocycles. The van der Waals surface area contributed by atoms with Crippen LogP contribution in [0.3, 0.4) is 0 Å². The largest absolute Gasteiger partial charge is 0.395 e. The molecule has 8 heteroatoms. The van der Waals surface area contributed by atoms with Gasteiger partial charge in [-0.15, -0.1) is 11.8 Å². The summed E-state index contributed by atoms with van der Waals surface area (Å²) >= 11 is 1.66. The molecule has 0 aliphatic carbocycles. The molecular weight excluding hydrogens is 474 g/mol. The molecule has 3 N–H and O–H groups in total. The van der Waals surface area contributed by atoms with E-state index in [1.807, 2.05) is 44.2 Å². The second-order valence-electron chi connectivity index (χ2n) is 12.6. The highest BCUT2D eigenvalue weighted by atomic mass is 32.2. The van der Waals surface area contributed by atoms with Gasteiger partial charge in [0.15, 0.2) is 0 Å². The molecule has 4 rings (SSSR count). The SMILES string of the molecule is CC1C[C@@H]2SC13C(C(=O)NC(C)(C)CC(C)(C)C)N(CCO)C(=O)[C@@H]3[C@@H]2C(=O)NCc1ccccc1. The molecule has 36 heavy (non-hydrogen) atoms. The molecule has 2 bridgehead atoms. The molecule has 3 aliphatic heterocycles. The summed E-state index contributed by atoms with van der Waals surface area (Å²) in [5.74, 6) is -1.44. The zero-order valence-electron chi connectivity index (χ0n) is 22.3. The summed E-state index contributed by atoms with van der Waals surface area (Å²) in [7, 11) is 0. The zero-order valence-corrected chi connectivity index (χ0v) is 23.2. The summed E-state index contributed by atoms with van der Waals surface area (Å²) in [5, 5.41) is 16.1. The minimum atomic E-state index is -0.710. The fourth-order valence-electron chi connectivity index (χ4n) is 7.14. The van der Waals surface area contributed by atoms with Crippen molar-refractivity contribution < 1.29 is 19.5 Å². The average molecular weight is 516 g/mol. The first kappa shape index (κ1) is 27.0. The third-order valence-electron chi connectivity index (χ3n) is 7.88. The van der Waals surface area contributed by atoms with Gasteiger partial charge in [-0.05, 0) is 43.6 Å². The lowest BCUT2D eigenvalue weighted by atomic mass is 9.65. The molecule has 3 fully saturated rings. The van der Waals surface area contributed by atoms with Crippen LogP contribution in [0.2, 0.25) is 0 Å². The maximum absolute atomic E-state index is 13.9. The molecule has 1 spiro atoms. The predicted molar refractivity (Wildman–Crippen MR) is 142 cm³/mol. The molecule has 1 aromatic rings. The van der Waals surface area contributed by atoms with Crippen molar-refractivity contribution in [3.05, 3.63) is 35.9 Å². The van der Waals surface area contributed by atoms with Crippen LogP contribution in [0.5, 0.6) is 0 Å². The fraction of sp³-hybridized carbons (Fsp3) is 0.679. The van der Waals surface area contributed by atoms with Crippen molar-refractivity contribution in [1.82, 2.24) is 15.5 Å². The van der Waals surface area contributed by atoms with Gasteiger partial charge in [-0.1, -0.05) is 58.0 Å². The Bertz CT molecular complexity index is 1010. The van der Waals surface area contributed by atoms with Crippen LogP contribution in [0.1, 0.15) is 59.9 Å². The maximum Gasteiger partial charge on any atom is 0.244 e. The number of aliphatic hydroxyl groups is 1. The molecule has 0 saturated carbocycles. The molecule has 6 atom stereocenters. The number of nitrogens with one attached hydrogen (secondary N) is 2. The summed E-state index contributed by atoms with van der Waals surface area (Å²) in [6, 6.07) is 9.01. The van der Waals surface area contributed by atoms with Crippen LogP contribution < -0.4 is 10.6 Å². The lowest BCUT2D eigenvalue weighted by Crippen LogP contribution is -2.60. The van der Waals surface area contributed by atoms with Crippen molar-refractivity contribution in [2.45, 2.75) is 82.5 Å². The molecule has 3 unspecified atom stereocenters. The van der Waals surface area contributed by atoms with E-state index >= 15 is 0 Å². The highest BCUT2D eigenvalue weighted by Gasteiger charge is 2.76. The van der Waals surface area contributed by atoms with Gasteiger partial charge in [-0.25, -0.2) is 0 Å². The highest BCUT2D eigenvalue weighted by molar-refractivity contribution is 8.02. The second-order valence-corrected chi connectivity index (χ2v) is 14.2. The van der Waals surface area contributed by atoms with E-state index in [9.17, 15) is 19.5 Å². The minimum Gasteiger partial charge on any atom is -0.395 e. The quantitative estimate of drug-likeness (QED) is 0.495. The smallest absolute Gasteiger partial charge is 0.244 e. The van der Waals surface area contributed by atoms with Crippen LogP contribution in [0, 0.1) is 23.2 Å². The third-order valence-corrected chi connectivity index (χ3v) is 9.96. The van der Waals surface area contributed by atoms with Crippen LogP contribution >= 0.6 is 11.8 Å². The van der Waals surface area contributed by atoms with Gasteiger partial charge < -0.3 is 20.6 Å². The van der Waals surface area contributed by atoms with E-state index in [1.54, 1.807) is 16.7 Å². The summed E-state index contributed by atoms with van der Waals surface area (Å²) in [4.78, 5) is 42.8. The van der Waals surface area contributed by atoms with Crippen LogP contribution in [-0.2, 0) is 20.9 Å². The monoisotopic (exact) mass is 515 g/mol. The zero-order chi connectivity index (χ0) is 26.5. The Morgan fingerprint density at radius 3 is 2.42 bits per heavy atom. The number of rotatable bonds is 8. The number of aliphatic hydroxyl groups excluding tert-OH is 1. The molecular formula is C28H41N3O4S. The van der Waals surface area contributed by atoms with Gasteiger partial charge in [-0.3, -0.25) is 14.4 Å². The van der Waals surface area contributed by atoms with Crippen molar-refractivity contribution in [1.29, 1.82) is 0 Å². The molecule has 198 valence electrons. The molecule has 0 radical (unpaired) electrons. The first-order valence-electron chi connectivity index (χ1n) is 13.0. The van der Waals surface area contributed by atoms with E-state index in [0.717, 1.165) is 18.4 Å². The fourth-order valence-corrected chi connectivity index (χ4v) is 9.57. The first-order valence-corrected chi connectivity index (χ1v) is 13.9. The van der Waals surface area contributed by atoms with E-state index in [0.29, 0.717) is 6.54 Å². The number of thioether (sulfide) groups is 1. The Morgan fingerprint density at radius 2 is 1.81 bits per heavy atom. The number of hydrogen-bond donors (Lipinski definition) is 3. The van der Waals surface area contributed by atoms with Gasteiger partial charge in [0.1, 0.15) is 6.04 Å². The number of nitrogens with zero attached hydrogens (tertiary/aromatic N) is 1. The second kappa shape index (κ2) is 9.67. The van der Waals surface area contributed by atoms with E-state index in [2.05, 4.69) is 38.3 Å². The molecule has 7 nitrogen and oxygen atoms in total. The topological polar surface area (TPSA) is 98.7 Å². The van der Waals surface area contributed by atoms with E-state index < -0.39 is 28.2 Å². The standard InChI is InChI=1S/C28H41N3O4S/c1-17-14-19-20(23(33)29-15-18-10-8-7-9-11-18)21-25(35)31(12-13-32)22(28(17,21)36-19)24(34)30-27(5,6)16-26(2,3)4/h7-11,17,19-22,32H,12-16H2,1-6H3,(H,29,33)(H,30,34)/t17?,19-,20+,21-,22?,28?/m0/s1. The van der Waals surface area contributed by atoms with E-state index in [1.165, 1.54) is 0 Å². The lowest BCUT2D eigenvalue weighted by Gasteiger charge is -2.41. The van der Waals surface area contributed by atoms with E-state index in [-0.39, 0.29) is 47.5 Å². The Kier molecular flexibility index (Phi) is 7.25. The predicted octanol–water partition coefficient (Wildman–Crippen LogP) is 2.96. The molecule has 3 saturated heterocycles. The van der Waals surface area contributed by atoms with Crippen LogP contribution in [0.15, 0.2) is 30.3 Å². The summed E-state index contributed by atoms with van der Waals surface area (Å²) in [5.41, 5.74) is 0.557. The van der Waals surface area contributed by atoms with E-state index in [4.69, 9.17) is 0 Å². The number of fused-ring (bicyclic) bond motifs is 1. The Morgan fingerprint density at radius 1 is 1.14 bits per heavy atom. The number of amides is 3. The van der Waals surface area contributed by atoms with Crippen molar-refractivity contribution in [3.63, 3.8) is 0 Å². The highest BCUT2D eigenvalue weighted by Crippen LogP contribution is 2.68. The summed E-state index contributed by atoms with van der Waals surface area (Å²) in [6.07, 6.45) is 1.57. The van der Waals surface area contributed by atoms with Crippen molar-refractivity contribution in [2.24, 2.45) is 23.2 Å². The number of carbonyl (C=O) groups is 3. The van der Waals surface area contributed by atoms with Crippen molar-refractivity contribution >= 4 is 29.5 Å². The van der Waals surface area contributed by atoms with Crippen LogP contribution in [0.4, 0.5) is 0 Å². The molecule has 1 aromatic carbocycles. The average Bonchev–Trinajstić information content (AvgIpc) is 3.35. The Labute approximate surface area is 219 Å². The van der Waals surface area contributed by atoms with Gasteiger partial charge in [0, 0.05) is 23.9 Å². The maximum atomic E-state index is 13.9. The number of likely N-dealkylation sites (tertiary alicyclic amines) is 1. The first-order chi connectivity index (χ1) is 16.8. The van der Waals surface area contributed by atoms with Crippen LogP contribution in [0.25, 0.3) is 0 Å². The minimum absolute atomic E-state index is 0.00103. The van der Waals surface area contributed by atoms with Crippen molar-refractivity contribution in [2.75, 3.05) is 13.2 Å². The Hall–Kier alpha value is -2.06. The van der Waals surface area contributed by atoms with Gasteiger partial charge >= 0.3 is 0 Å².